The molecule has 2 saturated heterocycles. The van der Waals surface area contributed by atoms with Crippen molar-refractivity contribution in [2.75, 3.05) is 19.8 Å². The van der Waals surface area contributed by atoms with E-state index in [4.69, 9.17) is 13.9 Å². The fourth-order valence-corrected chi connectivity index (χ4v) is 4.59. The second-order valence-electron chi connectivity index (χ2n) is 8.91. The largest absolute Gasteiger partial charge is 0.413 e. The zero-order chi connectivity index (χ0) is 17.3. The van der Waals surface area contributed by atoms with Gasteiger partial charge in [-0.15, -0.1) is 0 Å². The van der Waals surface area contributed by atoms with Crippen LogP contribution in [0, 0.1) is 11.8 Å². The highest BCUT2D eigenvalue weighted by molar-refractivity contribution is 6.74. The minimum atomic E-state index is -1.87. The van der Waals surface area contributed by atoms with Crippen molar-refractivity contribution in [3.63, 3.8) is 0 Å². The number of hydrogen-bond acceptors (Lipinski definition) is 4. The van der Waals surface area contributed by atoms with E-state index >= 15 is 0 Å². The summed E-state index contributed by atoms with van der Waals surface area (Å²) in [6, 6.07) is 0. The van der Waals surface area contributed by atoms with Gasteiger partial charge in [0.25, 0.3) is 0 Å². The first-order valence-electron chi connectivity index (χ1n) is 9.19. The fourth-order valence-electron chi connectivity index (χ4n) is 3.21. The number of ether oxygens (including phenoxy) is 2. The van der Waals surface area contributed by atoms with Crippen molar-refractivity contribution in [2.45, 2.75) is 83.4 Å². The average Bonchev–Trinajstić information content (AvgIpc) is 2.47. The van der Waals surface area contributed by atoms with Crippen molar-refractivity contribution in [1.82, 2.24) is 0 Å². The SMILES string of the molecule is CC[C@@H]1CC[C@@]2(C[C@H](O[Si](C)(C)C(C)(C)C)[C@@H](CO)CO2)OC1. The first kappa shape index (κ1) is 19.4. The summed E-state index contributed by atoms with van der Waals surface area (Å²) in [7, 11) is -1.87. The van der Waals surface area contributed by atoms with E-state index < -0.39 is 14.1 Å². The summed E-state index contributed by atoms with van der Waals surface area (Å²) in [5.74, 6) is 0.228. The minimum Gasteiger partial charge on any atom is -0.413 e. The van der Waals surface area contributed by atoms with Crippen LogP contribution in [-0.4, -0.2) is 45.1 Å². The van der Waals surface area contributed by atoms with Crippen LogP contribution in [0.15, 0.2) is 0 Å². The van der Waals surface area contributed by atoms with Gasteiger partial charge in [-0.25, -0.2) is 0 Å². The first-order chi connectivity index (χ1) is 10.6. The molecule has 1 spiro atoms. The molecule has 2 aliphatic rings. The Morgan fingerprint density at radius 1 is 1.22 bits per heavy atom. The summed E-state index contributed by atoms with van der Waals surface area (Å²) in [4.78, 5) is 0. The van der Waals surface area contributed by atoms with Crippen LogP contribution in [0.25, 0.3) is 0 Å². The van der Waals surface area contributed by atoms with Gasteiger partial charge in [0.1, 0.15) is 0 Å². The molecule has 0 radical (unpaired) electrons. The van der Waals surface area contributed by atoms with E-state index in [2.05, 4.69) is 40.8 Å². The van der Waals surface area contributed by atoms with Crippen LogP contribution in [-0.2, 0) is 13.9 Å². The van der Waals surface area contributed by atoms with Crippen molar-refractivity contribution in [3.8, 4) is 0 Å². The van der Waals surface area contributed by atoms with Crippen LogP contribution in [0.2, 0.25) is 18.1 Å². The number of rotatable bonds is 4. The monoisotopic (exact) mass is 344 g/mol. The van der Waals surface area contributed by atoms with Gasteiger partial charge >= 0.3 is 0 Å². The molecular formula is C18H36O4Si. The molecule has 4 nitrogen and oxygen atoms in total. The Labute approximate surface area is 143 Å². The molecule has 0 amide bonds. The highest BCUT2D eigenvalue weighted by atomic mass is 28.4. The van der Waals surface area contributed by atoms with Crippen LogP contribution < -0.4 is 0 Å². The smallest absolute Gasteiger partial charge is 0.192 e. The van der Waals surface area contributed by atoms with Crippen LogP contribution >= 0.6 is 0 Å². The molecule has 0 bridgehead atoms. The van der Waals surface area contributed by atoms with Gasteiger partial charge in [0, 0.05) is 18.8 Å². The van der Waals surface area contributed by atoms with E-state index in [9.17, 15) is 5.11 Å². The fraction of sp³-hybridized carbons (Fsp3) is 1.00. The van der Waals surface area contributed by atoms with E-state index in [-0.39, 0.29) is 23.7 Å². The van der Waals surface area contributed by atoms with E-state index in [0.29, 0.717) is 12.5 Å². The van der Waals surface area contributed by atoms with Gasteiger partial charge in [-0.05, 0) is 30.5 Å². The molecule has 136 valence electrons. The topological polar surface area (TPSA) is 47.9 Å². The van der Waals surface area contributed by atoms with Crippen molar-refractivity contribution in [1.29, 1.82) is 0 Å². The van der Waals surface area contributed by atoms with Gasteiger partial charge < -0.3 is 19.0 Å². The van der Waals surface area contributed by atoms with Gasteiger partial charge in [-0.1, -0.05) is 34.1 Å². The highest BCUT2D eigenvalue weighted by Crippen LogP contribution is 2.43. The molecule has 0 aliphatic carbocycles. The van der Waals surface area contributed by atoms with Gasteiger partial charge in [0.05, 0.1) is 25.9 Å². The molecule has 1 N–H and O–H groups in total. The maximum absolute atomic E-state index is 9.74. The van der Waals surface area contributed by atoms with Crippen LogP contribution in [0.5, 0.6) is 0 Å². The predicted octanol–water partition coefficient (Wildman–Crippen LogP) is 3.94. The third kappa shape index (κ3) is 4.37. The lowest BCUT2D eigenvalue weighted by Crippen LogP contribution is -2.56. The summed E-state index contributed by atoms with van der Waals surface area (Å²) >= 11 is 0. The molecule has 2 heterocycles. The van der Waals surface area contributed by atoms with E-state index in [1.54, 1.807) is 0 Å². The standard InChI is InChI=1S/C18H36O4Si/c1-7-14-8-9-18(20-12-14)10-16(15(11-19)13-21-18)22-23(5,6)17(2,3)4/h14-16,19H,7-13H2,1-6H3/t14-,15+,16+,18-/m1/s1. The molecule has 2 aliphatic heterocycles. The summed E-state index contributed by atoms with van der Waals surface area (Å²) in [5, 5.41) is 9.91. The van der Waals surface area contributed by atoms with Crippen molar-refractivity contribution in [2.24, 2.45) is 11.8 Å². The minimum absolute atomic E-state index is 0.0350. The Morgan fingerprint density at radius 3 is 2.35 bits per heavy atom. The number of aliphatic hydroxyl groups is 1. The Morgan fingerprint density at radius 2 is 1.87 bits per heavy atom. The normalized spacial score (nSPS) is 36.4. The van der Waals surface area contributed by atoms with Gasteiger partial charge in [0.15, 0.2) is 14.1 Å². The lowest BCUT2D eigenvalue weighted by molar-refractivity contribution is -0.305. The quantitative estimate of drug-likeness (QED) is 0.785. The number of hydrogen-bond donors (Lipinski definition) is 1. The molecule has 0 aromatic heterocycles. The average molecular weight is 345 g/mol. The highest BCUT2D eigenvalue weighted by Gasteiger charge is 2.48. The van der Waals surface area contributed by atoms with Gasteiger partial charge in [0.2, 0.25) is 0 Å². The van der Waals surface area contributed by atoms with Gasteiger partial charge in [-0.2, -0.15) is 0 Å². The lowest BCUT2D eigenvalue weighted by atomic mass is 9.86. The summed E-state index contributed by atoms with van der Waals surface area (Å²) in [6.45, 7) is 15.0. The third-order valence-corrected chi connectivity index (χ3v) is 10.7. The van der Waals surface area contributed by atoms with E-state index in [1.807, 2.05) is 0 Å². The third-order valence-electron chi connectivity index (χ3n) is 6.18. The molecule has 0 unspecified atom stereocenters. The van der Waals surface area contributed by atoms with Crippen LogP contribution in [0.1, 0.15) is 53.4 Å². The molecule has 5 heteroatoms. The zero-order valence-electron chi connectivity index (χ0n) is 15.9. The van der Waals surface area contributed by atoms with Crippen molar-refractivity contribution in [3.05, 3.63) is 0 Å². The molecule has 2 fully saturated rings. The predicted molar refractivity (Wildman–Crippen MR) is 94.9 cm³/mol. The molecule has 2 rings (SSSR count). The molecule has 4 atom stereocenters. The second-order valence-corrected chi connectivity index (χ2v) is 13.7. The maximum atomic E-state index is 9.74. The molecule has 0 aromatic rings. The summed E-state index contributed by atoms with van der Waals surface area (Å²) < 4.78 is 18.9. The molecule has 0 aromatic carbocycles. The van der Waals surface area contributed by atoms with Crippen molar-refractivity contribution >= 4 is 8.32 Å². The Balaban J connectivity index is 2.07. The molecular weight excluding hydrogens is 308 g/mol. The number of aliphatic hydroxyl groups excluding tert-OH is 1. The lowest BCUT2D eigenvalue weighted by Gasteiger charge is -2.49. The summed E-state index contributed by atoms with van der Waals surface area (Å²) in [5.41, 5.74) is 0. The van der Waals surface area contributed by atoms with E-state index in [0.717, 1.165) is 25.9 Å². The Kier molecular flexibility index (Phi) is 6.00. The Bertz CT molecular complexity index is 377. The maximum Gasteiger partial charge on any atom is 0.192 e. The summed E-state index contributed by atoms with van der Waals surface area (Å²) in [6.07, 6.45) is 4.06. The first-order valence-corrected chi connectivity index (χ1v) is 12.1. The van der Waals surface area contributed by atoms with Gasteiger partial charge in [-0.3, -0.25) is 0 Å². The zero-order valence-corrected chi connectivity index (χ0v) is 16.9. The van der Waals surface area contributed by atoms with E-state index in [1.165, 1.54) is 6.42 Å². The molecule has 23 heavy (non-hydrogen) atoms. The molecule has 0 saturated carbocycles. The van der Waals surface area contributed by atoms with Crippen LogP contribution in [0.3, 0.4) is 0 Å². The van der Waals surface area contributed by atoms with Crippen LogP contribution in [0.4, 0.5) is 0 Å². The van der Waals surface area contributed by atoms with Crippen molar-refractivity contribution < 1.29 is 19.0 Å². The second kappa shape index (κ2) is 7.12. The Hall–Kier alpha value is 0.0569.